The average Bonchev–Trinajstić information content (AvgIpc) is 2.95. The molecule has 3 aliphatic rings. The summed E-state index contributed by atoms with van der Waals surface area (Å²) in [5.41, 5.74) is 0.649. The molecule has 1 saturated carbocycles. The number of aromatic nitrogens is 2. The summed E-state index contributed by atoms with van der Waals surface area (Å²) >= 11 is 0. The van der Waals surface area contributed by atoms with Crippen LogP contribution >= 0.6 is 0 Å². The lowest BCUT2D eigenvalue weighted by molar-refractivity contribution is -0.121. The standard InChI is InChI=1S/C31H43FN6O4/c1-4-38(29(39)21(2)3)25-15-23(32)7-10-26(25)42-27-16-33-20-34-28(27)37-18-31(19-37)11-13-36(14-12-31)17-22-5-8-24(9-6-22)35-30(40)41/h7,10,15-16,20-22,24,35H,4-6,8-9,11-14,17-19H2,1-3H3,(H,40,41)/t22-,24-. The van der Waals surface area contributed by atoms with Crippen LogP contribution in [0.5, 0.6) is 11.5 Å². The average molecular weight is 583 g/mol. The van der Waals surface area contributed by atoms with Crippen LogP contribution in [-0.4, -0.2) is 77.3 Å². The van der Waals surface area contributed by atoms with Crippen molar-refractivity contribution >= 4 is 23.5 Å². The third-order valence-electron chi connectivity index (χ3n) is 9.13. The predicted molar refractivity (Wildman–Crippen MR) is 159 cm³/mol. The normalized spacial score (nSPS) is 22.1. The third kappa shape index (κ3) is 6.77. The fourth-order valence-corrected chi connectivity index (χ4v) is 6.75. The predicted octanol–water partition coefficient (Wildman–Crippen LogP) is 5.15. The molecule has 0 bridgehead atoms. The van der Waals surface area contributed by atoms with Crippen LogP contribution in [0.4, 0.5) is 20.7 Å². The Labute approximate surface area is 247 Å². The Hall–Kier alpha value is -3.47. The zero-order valence-corrected chi connectivity index (χ0v) is 24.9. The lowest BCUT2D eigenvalue weighted by Gasteiger charge is -2.54. The van der Waals surface area contributed by atoms with Crippen molar-refractivity contribution in [2.75, 3.05) is 49.1 Å². The van der Waals surface area contributed by atoms with E-state index in [0.717, 1.165) is 71.2 Å². The Kier molecular flexibility index (Phi) is 9.15. The van der Waals surface area contributed by atoms with E-state index in [4.69, 9.17) is 9.84 Å². The van der Waals surface area contributed by atoms with Gasteiger partial charge in [0.1, 0.15) is 12.1 Å². The van der Waals surface area contributed by atoms with E-state index in [9.17, 15) is 14.0 Å². The first-order valence-corrected chi connectivity index (χ1v) is 15.2. The number of nitrogens with one attached hydrogen (secondary N) is 1. The molecule has 10 nitrogen and oxygen atoms in total. The molecule has 2 aromatic rings. The highest BCUT2D eigenvalue weighted by molar-refractivity contribution is 5.96. The Balaban J connectivity index is 1.18. The molecule has 3 heterocycles. The Morgan fingerprint density at radius 1 is 1.17 bits per heavy atom. The second kappa shape index (κ2) is 12.8. The molecule has 1 aliphatic carbocycles. The van der Waals surface area contributed by atoms with Gasteiger partial charge in [-0.2, -0.15) is 0 Å². The van der Waals surface area contributed by atoms with Gasteiger partial charge in [0.2, 0.25) is 5.91 Å². The van der Waals surface area contributed by atoms with Crippen LogP contribution in [0, 0.1) is 23.1 Å². The Bertz CT molecular complexity index is 1250. The second-order valence-corrected chi connectivity index (χ2v) is 12.5. The van der Waals surface area contributed by atoms with E-state index < -0.39 is 11.9 Å². The molecule has 1 spiro atoms. The topological polar surface area (TPSA) is 111 Å². The van der Waals surface area contributed by atoms with Crippen molar-refractivity contribution in [1.29, 1.82) is 0 Å². The smallest absolute Gasteiger partial charge is 0.404 e. The highest BCUT2D eigenvalue weighted by Crippen LogP contribution is 2.45. The fourth-order valence-electron chi connectivity index (χ4n) is 6.75. The van der Waals surface area contributed by atoms with Gasteiger partial charge in [-0.05, 0) is 76.6 Å². The van der Waals surface area contributed by atoms with Gasteiger partial charge in [0, 0.05) is 49.6 Å². The van der Waals surface area contributed by atoms with Crippen molar-refractivity contribution in [3.63, 3.8) is 0 Å². The highest BCUT2D eigenvalue weighted by Gasteiger charge is 2.46. The number of carboxylic acid groups (broad SMARTS) is 1. The van der Waals surface area contributed by atoms with Crippen molar-refractivity contribution in [3.8, 4) is 11.5 Å². The largest absolute Gasteiger partial charge is 0.465 e. The number of hydrogen-bond acceptors (Lipinski definition) is 7. The molecule has 2 amide bonds. The van der Waals surface area contributed by atoms with Crippen molar-refractivity contribution < 1.29 is 23.8 Å². The first kappa shape index (κ1) is 30.0. The molecule has 2 N–H and O–H groups in total. The van der Waals surface area contributed by atoms with Gasteiger partial charge in [-0.25, -0.2) is 19.2 Å². The van der Waals surface area contributed by atoms with E-state index in [1.54, 1.807) is 17.2 Å². The molecule has 2 aliphatic heterocycles. The first-order chi connectivity index (χ1) is 20.2. The zero-order valence-electron chi connectivity index (χ0n) is 24.9. The van der Waals surface area contributed by atoms with Gasteiger partial charge in [0.05, 0.1) is 11.9 Å². The van der Waals surface area contributed by atoms with Gasteiger partial charge >= 0.3 is 6.09 Å². The van der Waals surface area contributed by atoms with E-state index in [0.29, 0.717) is 35.5 Å². The second-order valence-electron chi connectivity index (χ2n) is 12.5. The molecule has 11 heteroatoms. The molecule has 228 valence electrons. The van der Waals surface area contributed by atoms with Crippen molar-refractivity contribution in [2.45, 2.75) is 65.3 Å². The number of hydrogen-bond donors (Lipinski definition) is 2. The van der Waals surface area contributed by atoms with Crippen LogP contribution in [0.1, 0.15) is 59.3 Å². The van der Waals surface area contributed by atoms with Crippen molar-refractivity contribution in [3.05, 3.63) is 36.5 Å². The summed E-state index contributed by atoms with van der Waals surface area (Å²) in [6.45, 7) is 10.9. The van der Waals surface area contributed by atoms with Crippen LogP contribution in [0.25, 0.3) is 0 Å². The first-order valence-electron chi connectivity index (χ1n) is 15.2. The monoisotopic (exact) mass is 582 g/mol. The molecule has 0 atom stereocenters. The molecule has 42 heavy (non-hydrogen) atoms. The van der Waals surface area contributed by atoms with Crippen LogP contribution in [0.3, 0.4) is 0 Å². The maximum absolute atomic E-state index is 14.3. The number of halogens is 1. The van der Waals surface area contributed by atoms with Gasteiger partial charge < -0.3 is 29.9 Å². The summed E-state index contributed by atoms with van der Waals surface area (Å²) in [4.78, 5) is 38.9. The lowest BCUT2D eigenvalue weighted by Crippen LogP contribution is -2.61. The summed E-state index contributed by atoms with van der Waals surface area (Å²) in [6, 6.07) is 4.33. The number of rotatable bonds is 9. The molecule has 1 aromatic carbocycles. The summed E-state index contributed by atoms with van der Waals surface area (Å²) in [5.74, 6) is 1.45. The van der Waals surface area contributed by atoms with Gasteiger partial charge in [-0.15, -0.1) is 0 Å². The molecule has 1 aromatic heterocycles. The number of amides is 2. The summed E-state index contributed by atoms with van der Waals surface area (Å²) in [6.07, 6.45) is 8.50. The molecular formula is C31H43FN6O4. The molecule has 2 saturated heterocycles. The number of nitrogens with zero attached hydrogens (tertiary/aromatic N) is 5. The van der Waals surface area contributed by atoms with Crippen molar-refractivity contribution in [2.24, 2.45) is 17.3 Å². The van der Waals surface area contributed by atoms with E-state index in [1.165, 1.54) is 18.5 Å². The summed E-state index contributed by atoms with van der Waals surface area (Å²) < 4.78 is 20.6. The molecular weight excluding hydrogens is 539 g/mol. The molecule has 5 rings (SSSR count). The van der Waals surface area contributed by atoms with Crippen LogP contribution in [0.15, 0.2) is 30.7 Å². The molecule has 3 fully saturated rings. The number of ether oxygens (including phenoxy) is 1. The number of benzene rings is 1. The zero-order chi connectivity index (χ0) is 29.9. The SMILES string of the molecule is CCN(C(=O)C(C)C)c1cc(F)ccc1Oc1cncnc1N1CC2(CCN(C[C@H]3CC[C@H](NC(=O)O)CC3)CC2)C1. The summed E-state index contributed by atoms with van der Waals surface area (Å²) in [7, 11) is 0. The quantitative estimate of drug-likeness (QED) is 0.418. The molecule has 0 radical (unpaired) electrons. The number of piperidine rings is 1. The summed E-state index contributed by atoms with van der Waals surface area (Å²) in [5, 5.41) is 11.6. The lowest BCUT2D eigenvalue weighted by atomic mass is 9.71. The van der Waals surface area contributed by atoms with Crippen LogP contribution in [-0.2, 0) is 4.79 Å². The minimum atomic E-state index is -0.920. The number of carbonyl (C=O) groups excluding carboxylic acids is 1. The highest BCUT2D eigenvalue weighted by atomic mass is 19.1. The molecule has 0 unspecified atom stereocenters. The maximum atomic E-state index is 14.3. The number of carbonyl (C=O) groups is 2. The van der Waals surface area contributed by atoms with Gasteiger partial charge in [-0.1, -0.05) is 13.8 Å². The van der Waals surface area contributed by atoms with E-state index >= 15 is 0 Å². The minimum absolute atomic E-state index is 0.0998. The van der Waals surface area contributed by atoms with E-state index in [2.05, 4.69) is 25.1 Å². The number of anilines is 2. The van der Waals surface area contributed by atoms with E-state index in [1.807, 2.05) is 20.8 Å². The minimum Gasteiger partial charge on any atom is -0.465 e. The van der Waals surface area contributed by atoms with Gasteiger partial charge in [0.25, 0.3) is 0 Å². The number of likely N-dealkylation sites (tertiary alicyclic amines) is 1. The van der Waals surface area contributed by atoms with E-state index in [-0.39, 0.29) is 23.3 Å². The maximum Gasteiger partial charge on any atom is 0.404 e. The Morgan fingerprint density at radius 3 is 2.52 bits per heavy atom. The van der Waals surface area contributed by atoms with Gasteiger partial charge in [0.15, 0.2) is 17.3 Å². The van der Waals surface area contributed by atoms with Crippen molar-refractivity contribution in [1.82, 2.24) is 20.2 Å². The Morgan fingerprint density at radius 2 is 1.88 bits per heavy atom. The van der Waals surface area contributed by atoms with Crippen LogP contribution < -0.4 is 19.9 Å². The third-order valence-corrected chi connectivity index (χ3v) is 9.13. The fraction of sp³-hybridized carbons (Fsp3) is 0.613. The van der Waals surface area contributed by atoms with Gasteiger partial charge in [-0.3, -0.25) is 4.79 Å². The van der Waals surface area contributed by atoms with Crippen LogP contribution in [0.2, 0.25) is 0 Å².